The molecule has 0 spiro atoms. The van der Waals surface area contributed by atoms with Crippen molar-refractivity contribution in [1.82, 2.24) is 0 Å². The van der Waals surface area contributed by atoms with Gasteiger partial charge in [-0.25, -0.2) is 0 Å². The Morgan fingerprint density at radius 1 is 1.35 bits per heavy atom. The number of benzene rings is 2. The van der Waals surface area contributed by atoms with Crippen LogP contribution in [0.15, 0.2) is 36.4 Å². The summed E-state index contributed by atoms with van der Waals surface area (Å²) in [7, 11) is 0. The number of nitrogens with one attached hydrogen (secondary N) is 1. The van der Waals surface area contributed by atoms with Crippen LogP contribution in [-0.4, -0.2) is 12.7 Å². The topological polar surface area (TPSA) is 56.8 Å². The standard InChI is InChI=1S/C17H16ClNO4/c1-11(20)19-15-4-2-3-5-16(15)22-9-13-7-14(18)6-12-8-21-10-23-17(12)13/h2-7H,8-10H2,1H3,(H,19,20). The summed E-state index contributed by atoms with van der Waals surface area (Å²) < 4.78 is 16.7. The summed E-state index contributed by atoms with van der Waals surface area (Å²) >= 11 is 6.14. The lowest BCUT2D eigenvalue weighted by molar-refractivity contribution is -0.114. The second kappa shape index (κ2) is 6.89. The highest BCUT2D eigenvalue weighted by Crippen LogP contribution is 2.33. The van der Waals surface area contributed by atoms with Gasteiger partial charge in [-0.1, -0.05) is 23.7 Å². The summed E-state index contributed by atoms with van der Waals surface area (Å²) in [6, 6.07) is 10.9. The number of carbonyl (C=O) groups excluding carboxylic acids is 1. The maximum Gasteiger partial charge on any atom is 0.221 e. The van der Waals surface area contributed by atoms with Gasteiger partial charge in [-0.3, -0.25) is 4.79 Å². The molecule has 120 valence electrons. The summed E-state index contributed by atoms with van der Waals surface area (Å²) in [6.45, 7) is 2.41. The second-order valence-electron chi connectivity index (χ2n) is 5.13. The number of para-hydroxylation sites is 2. The van der Waals surface area contributed by atoms with Crippen LogP contribution in [0.2, 0.25) is 5.02 Å². The Morgan fingerprint density at radius 3 is 3.00 bits per heavy atom. The Balaban J connectivity index is 1.82. The van der Waals surface area contributed by atoms with Gasteiger partial charge >= 0.3 is 0 Å². The number of anilines is 1. The molecule has 0 aromatic heterocycles. The largest absolute Gasteiger partial charge is 0.487 e. The fourth-order valence-corrected chi connectivity index (χ4v) is 2.67. The van der Waals surface area contributed by atoms with Gasteiger partial charge in [-0.05, 0) is 24.3 Å². The maximum atomic E-state index is 11.3. The quantitative estimate of drug-likeness (QED) is 0.926. The number of ether oxygens (including phenoxy) is 3. The van der Waals surface area contributed by atoms with Gasteiger partial charge in [0.05, 0.1) is 12.3 Å². The molecule has 2 aromatic carbocycles. The van der Waals surface area contributed by atoms with Crippen molar-refractivity contribution in [1.29, 1.82) is 0 Å². The first-order valence-corrected chi connectivity index (χ1v) is 7.52. The Kier molecular flexibility index (Phi) is 4.69. The van der Waals surface area contributed by atoms with Crippen LogP contribution in [0.1, 0.15) is 18.1 Å². The lowest BCUT2D eigenvalue weighted by atomic mass is 10.1. The molecule has 0 saturated heterocycles. The zero-order valence-corrected chi connectivity index (χ0v) is 13.4. The first kappa shape index (κ1) is 15.6. The van der Waals surface area contributed by atoms with Crippen LogP contribution >= 0.6 is 11.6 Å². The van der Waals surface area contributed by atoms with E-state index in [0.29, 0.717) is 23.1 Å². The average Bonchev–Trinajstić information content (AvgIpc) is 2.53. The zero-order chi connectivity index (χ0) is 16.2. The number of hydrogen-bond donors (Lipinski definition) is 1. The van der Waals surface area contributed by atoms with Gasteiger partial charge < -0.3 is 19.5 Å². The maximum absolute atomic E-state index is 11.3. The summed E-state index contributed by atoms with van der Waals surface area (Å²) in [5, 5.41) is 3.35. The minimum absolute atomic E-state index is 0.151. The third-order valence-corrected chi connectivity index (χ3v) is 3.55. The molecular formula is C17H16ClNO4. The molecule has 0 aliphatic carbocycles. The fraction of sp³-hybridized carbons (Fsp3) is 0.235. The molecule has 1 amide bonds. The minimum atomic E-state index is -0.151. The third kappa shape index (κ3) is 3.75. The predicted molar refractivity (Wildman–Crippen MR) is 86.8 cm³/mol. The van der Waals surface area contributed by atoms with Crippen molar-refractivity contribution in [2.45, 2.75) is 20.1 Å². The Bertz CT molecular complexity index is 733. The van der Waals surface area contributed by atoms with Gasteiger partial charge in [-0.15, -0.1) is 0 Å². The normalized spacial score (nSPS) is 13.0. The second-order valence-corrected chi connectivity index (χ2v) is 5.57. The summed E-state index contributed by atoms with van der Waals surface area (Å²) in [5.41, 5.74) is 2.37. The molecule has 2 aromatic rings. The molecule has 5 nitrogen and oxygen atoms in total. The van der Waals surface area contributed by atoms with Crippen LogP contribution in [0.3, 0.4) is 0 Å². The predicted octanol–water partition coefficient (Wildman–Crippen LogP) is 3.74. The van der Waals surface area contributed by atoms with Gasteiger partial charge in [0.25, 0.3) is 0 Å². The van der Waals surface area contributed by atoms with E-state index in [1.807, 2.05) is 24.3 Å². The Hall–Kier alpha value is -2.24. The molecule has 1 aliphatic rings. The summed E-state index contributed by atoms with van der Waals surface area (Å²) in [4.78, 5) is 11.3. The smallest absolute Gasteiger partial charge is 0.221 e. The van der Waals surface area contributed by atoms with E-state index in [1.54, 1.807) is 12.1 Å². The molecule has 23 heavy (non-hydrogen) atoms. The van der Waals surface area contributed by atoms with Crippen molar-refractivity contribution in [3.63, 3.8) is 0 Å². The monoisotopic (exact) mass is 333 g/mol. The first-order valence-electron chi connectivity index (χ1n) is 7.15. The molecule has 1 heterocycles. The molecule has 0 radical (unpaired) electrons. The number of rotatable bonds is 4. The first-order chi connectivity index (χ1) is 11.1. The van der Waals surface area contributed by atoms with Crippen LogP contribution in [0, 0.1) is 0 Å². The van der Waals surface area contributed by atoms with E-state index >= 15 is 0 Å². The van der Waals surface area contributed by atoms with Crippen molar-refractivity contribution in [2.75, 3.05) is 12.1 Å². The molecule has 6 heteroatoms. The van der Waals surface area contributed by atoms with E-state index in [4.69, 9.17) is 25.8 Å². The summed E-state index contributed by atoms with van der Waals surface area (Å²) in [6.07, 6.45) is 0. The van der Waals surface area contributed by atoms with Crippen molar-refractivity contribution in [3.8, 4) is 11.5 Å². The van der Waals surface area contributed by atoms with E-state index in [1.165, 1.54) is 6.92 Å². The van der Waals surface area contributed by atoms with Crippen LogP contribution in [-0.2, 0) is 22.7 Å². The molecule has 0 fully saturated rings. The van der Waals surface area contributed by atoms with E-state index in [-0.39, 0.29) is 19.3 Å². The van der Waals surface area contributed by atoms with E-state index in [9.17, 15) is 4.79 Å². The number of amides is 1. The van der Waals surface area contributed by atoms with Crippen LogP contribution in [0.25, 0.3) is 0 Å². The molecule has 0 atom stereocenters. The molecule has 0 saturated carbocycles. The average molecular weight is 334 g/mol. The lowest BCUT2D eigenvalue weighted by Crippen LogP contribution is -2.14. The Labute approximate surface area is 139 Å². The molecular weight excluding hydrogens is 318 g/mol. The van der Waals surface area contributed by atoms with E-state index in [0.717, 1.165) is 16.9 Å². The highest BCUT2D eigenvalue weighted by atomic mass is 35.5. The highest BCUT2D eigenvalue weighted by Gasteiger charge is 2.17. The SMILES string of the molecule is CC(=O)Nc1ccccc1OCc1cc(Cl)cc2c1OCOC2. The summed E-state index contributed by atoms with van der Waals surface area (Å²) in [5.74, 6) is 1.18. The van der Waals surface area contributed by atoms with E-state index in [2.05, 4.69) is 5.32 Å². The number of hydrogen-bond acceptors (Lipinski definition) is 4. The highest BCUT2D eigenvalue weighted by molar-refractivity contribution is 6.30. The fourth-order valence-electron chi connectivity index (χ4n) is 2.40. The Morgan fingerprint density at radius 2 is 2.17 bits per heavy atom. The third-order valence-electron chi connectivity index (χ3n) is 3.33. The molecule has 3 rings (SSSR count). The molecule has 1 N–H and O–H groups in total. The van der Waals surface area contributed by atoms with E-state index < -0.39 is 0 Å². The van der Waals surface area contributed by atoms with Crippen LogP contribution in [0.5, 0.6) is 11.5 Å². The van der Waals surface area contributed by atoms with Crippen molar-refractivity contribution in [2.24, 2.45) is 0 Å². The van der Waals surface area contributed by atoms with Crippen molar-refractivity contribution < 1.29 is 19.0 Å². The lowest BCUT2D eigenvalue weighted by Gasteiger charge is -2.21. The molecule has 0 unspecified atom stereocenters. The zero-order valence-electron chi connectivity index (χ0n) is 12.6. The number of halogens is 1. The van der Waals surface area contributed by atoms with Gasteiger partial charge in [0.2, 0.25) is 5.91 Å². The van der Waals surface area contributed by atoms with Crippen LogP contribution < -0.4 is 14.8 Å². The number of fused-ring (bicyclic) bond motifs is 1. The van der Waals surface area contributed by atoms with Crippen LogP contribution in [0.4, 0.5) is 5.69 Å². The molecule has 0 bridgehead atoms. The number of carbonyl (C=O) groups is 1. The van der Waals surface area contributed by atoms with Crippen molar-refractivity contribution in [3.05, 3.63) is 52.5 Å². The van der Waals surface area contributed by atoms with Gasteiger partial charge in [0, 0.05) is 23.1 Å². The van der Waals surface area contributed by atoms with Crippen molar-refractivity contribution >= 4 is 23.2 Å². The minimum Gasteiger partial charge on any atom is -0.487 e. The van der Waals surface area contributed by atoms with Gasteiger partial charge in [0.1, 0.15) is 18.1 Å². The van der Waals surface area contributed by atoms with Gasteiger partial charge in [0.15, 0.2) is 6.79 Å². The van der Waals surface area contributed by atoms with Gasteiger partial charge in [-0.2, -0.15) is 0 Å². The molecule has 1 aliphatic heterocycles.